The Balaban J connectivity index is 0.00000161. The summed E-state index contributed by atoms with van der Waals surface area (Å²) < 4.78 is 0. The fourth-order valence-electron chi connectivity index (χ4n) is 3.43. The van der Waals surface area contributed by atoms with Crippen LogP contribution in [0, 0.1) is 5.92 Å². The average molecular weight is 310 g/mol. The molecule has 1 aromatic carbocycles. The lowest BCUT2D eigenvalue weighted by atomic mass is 10.1. The van der Waals surface area contributed by atoms with Gasteiger partial charge in [0.05, 0.1) is 0 Å². The van der Waals surface area contributed by atoms with Gasteiger partial charge in [-0.05, 0) is 23.5 Å². The van der Waals surface area contributed by atoms with Gasteiger partial charge in [0, 0.05) is 51.5 Å². The topological polar surface area (TPSA) is 18.5 Å². The smallest absolute Gasteiger partial charge is 0.0419 e. The van der Waals surface area contributed by atoms with E-state index in [0.717, 1.165) is 19.0 Å². The molecule has 1 fully saturated rings. The summed E-state index contributed by atoms with van der Waals surface area (Å²) in [6.45, 7) is 12.9. The minimum absolute atomic E-state index is 0. The summed E-state index contributed by atoms with van der Waals surface area (Å²) in [7, 11) is 0. The third-order valence-electron chi connectivity index (χ3n) is 4.42. The first-order chi connectivity index (χ1) is 9.72. The summed E-state index contributed by atoms with van der Waals surface area (Å²) in [6, 6.07) is 6.77. The second-order valence-corrected chi connectivity index (χ2v) is 6.60. The van der Waals surface area contributed by atoms with Crippen LogP contribution < -0.4 is 5.32 Å². The van der Waals surface area contributed by atoms with Gasteiger partial charge in [0.1, 0.15) is 0 Å². The number of hydrogen-bond acceptors (Lipinski definition) is 3. The Morgan fingerprint density at radius 3 is 2.52 bits per heavy atom. The zero-order chi connectivity index (χ0) is 13.9. The van der Waals surface area contributed by atoms with Crippen molar-refractivity contribution in [2.24, 2.45) is 5.92 Å². The second kappa shape index (κ2) is 7.48. The van der Waals surface area contributed by atoms with Crippen molar-refractivity contribution in [2.45, 2.75) is 26.8 Å². The fraction of sp³-hybridized carbons (Fsp3) is 0.647. The van der Waals surface area contributed by atoms with Gasteiger partial charge in [-0.3, -0.25) is 4.90 Å². The monoisotopic (exact) mass is 309 g/mol. The van der Waals surface area contributed by atoms with Crippen molar-refractivity contribution < 1.29 is 0 Å². The molecule has 0 aromatic heterocycles. The number of anilines is 1. The van der Waals surface area contributed by atoms with Gasteiger partial charge in [0.15, 0.2) is 0 Å². The molecule has 0 amide bonds. The maximum atomic E-state index is 3.56. The standard InChI is InChI=1S/C17H27N3.ClH/c1-14(2)12-19-8-10-20(11-9-19)13-16-5-3-4-15-6-7-18-17(15)16;/h3-5,14,18H,6-13H2,1-2H3;1H. The third-order valence-corrected chi connectivity index (χ3v) is 4.42. The summed E-state index contributed by atoms with van der Waals surface area (Å²) in [5.74, 6) is 0.781. The maximum Gasteiger partial charge on any atom is 0.0419 e. The maximum absolute atomic E-state index is 3.56. The summed E-state index contributed by atoms with van der Waals surface area (Å²) in [6.07, 6.45) is 1.19. The molecule has 0 saturated carbocycles. The molecule has 2 heterocycles. The number of rotatable bonds is 4. The minimum Gasteiger partial charge on any atom is -0.384 e. The molecule has 118 valence electrons. The van der Waals surface area contributed by atoms with E-state index in [4.69, 9.17) is 0 Å². The van der Waals surface area contributed by atoms with Gasteiger partial charge < -0.3 is 10.2 Å². The van der Waals surface area contributed by atoms with Gasteiger partial charge in [-0.25, -0.2) is 0 Å². The molecule has 0 bridgehead atoms. The van der Waals surface area contributed by atoms with Crippen LogP contribution in [0.15, 0.2) is 18.2 Å². The Morgan fingerprint density at radius 2 is 1.81 bits per heavy atom. The van der Waals surface area contributed by atoms with Gasteiger partial charge >= 0.3 is 0 Å². The SMILES string of the molecule is CC(C)CN1CCN(Cc2cccc3c2NCC3)CC1.Cl. The van der Waals surface area contributed by atoms with Crippen molar-refractivity contribution in [1.29, 1.82) is 0 Å². The molecule has 0 unspecified atom stereocenters. The first-order valence-electron chi connectivity index (χ1n) is 8.01. The van der Waals surface area contributed by atoms with Crippen LogP contribution in [0.25, 0.3) is 0 Å². The van der Waals surface area contributed by atoms with Crippen LogP contribution in [0.2, 0.25) is 0 Å². The Morgan fingerprint density at radius 1 is 1.10 bits per heavy atom. The zero-order valence-corrected chi connectivity index (χ0v) is 14.1. The molecule has 2 aliphatic heterocycles. The normalized spacial score (nSPS) is 19.2. The summed E-state index contributed by atoms with van der Waals surface area (Å²) in [5.41, 5.74) is 4.40. The molecule has 21 heavy (non-hydrogen) atoms. The van der Waals surface area contributed by atoms with Gasteiger partial charge in [0.25, 0.3) is 0 Å². The molecule has 3 nitrogen and oxygen atoms in total. The van der Waals surface area contributed by atoms with E-state index in [9.17, 15) is 0 Å². The molecule has 0 radical (unpaired) electrons. The minimum atomic E-state index is 0. The van der Waals surface area contributed by atoms with E-state index >= 15 is 0 Å². The third kappa shape index (κ3) is 4.12. The lowest BCUT2D eigenvalue weighted by molar-refractivity contribution is 0.117. The molecule has 1 aromatic rings. The van der Waals surface area contributed by atoms with Gasteiger partial charge in [0.2, 0.25) is 0 Å². The Labute approximate surface area is 135 Å². The lowest BCUT2D eigenvalue weighted by Crippen LogP contribution is -2.46. The number of nitrogens with zero attached hydrogens (tertiary/aromatic N) is 2. The number of para-hydroxylation sites is 1. The molecular weight excluding hydrogens is 282 g/mol. The number of piperazine rings is 1. The molecular formula is C17H28ClN3. The highest BCUT2D eigenvalue weighted by atomic mass is 35.5. The fourth-order valence-corrected chi connectivity index (χ4v) is 3.43. The van der Waals surface area contributed by atoms with E-state index < -0.39 is 0 Å². The second-order valence-electron chi connectivity index (χ2n) is 6.60. The molecule has 4 heteroatoms. The lowest BCUT2D eigenvalue weighted by Gasteiger charge is -2.35. The zero-order valence-electron chi connectivity index (χ0n) is 13.3. The van der Waals surface area contributed by atoms with Gasteiger partial charge in [-0.15, -0.1) is 12.4 Å². The molecule has 3 rings (SSSR count). The molecule has 1 N–H and O–H groups in total. The van der Waals surface area contributed by atoms with E-state index in [1.807, 2.05) is 0 Å². The largest absolute Gasteiger partial charge is 0.384 e. The quantitative estimate of drug-likeness (QED) is 0.922. The van der Waals surface area contributed by atoms with Crippen molar-refractivity contribution in [2.75, 3.05) is 44.6 Å². The van der Waals surface area contributed by atoms with Crippen molar-refractivity contribution in [3.8, 4) is 0 Å². The average Bonchev–Trinajstić information content (AvgIpc) is 2.90. The Bertz CT molecular complexity index is 453. The number of benzene rings is 1. The first-order valence-corrected chi connectivity index (χ1v) is 8.01. The van der Waals surface area contributed by atoms with Crippen molar-refractivity contribution in [3.63, 3.8) is 0 Å². The summed E-state index contributed by atoms with van der Waals surface area (Å²) in [5, 5.41) is 3.56. The highest BCUT2D eigenvalue weighted by molar-refractivity contribution is 5.85. The highest BCUT2D eigenvalue weighted by Crippen LogP contribution is 2.27. The number of nitrogens with one attached hydrogen (secondary N) is 1. The van der Waals surface area contributed by atoms with Crippen molar-refractivity contribution in [3.05, 3.63) is 29.3 Å². The Kier molecular flexibility index (Phi) is 5.91. The molecule has 1 saturated heterocycles. The molecule has 2 aliphatic rings. The van der Waals surface area contributed by atoms with Crippen LogP contribution in [0.1, 0.15) is 25.0 Å². The highest BCUT2D eigenvalue weighted by Gasteiger charge is 2.20. The van der Waals surface area contributed by atoms with Crippen LogP contribution in [-0.2, 0) is 13.0 Å². The Hall–Kier alpha value is -0.770. The van der Waals surface area contributed by atoms with Crippen LogP contribution >= 0.6 is 12.4 Å². The van der Waals surface area contributed by atoms with E-state index in [1.54, 1.807) is 0 Å². The van der Waals surface area contributed by atoms with E-state index in [-0.39, 0.29) is 12.4 Å². The van der Waals surface area contributed by atoms with Crippen LogP contribution in [0.5, 0.6) is 0 Å². The number of hydrogen-bond donors (Lipinski definition) is 1. The van der Waals surface area contributed by atoms with E-state index in [2.05, 4.69) is 47.2 Å². The number of halogens is 1. The predicted octanol–water partition coefficient (Wildman–Crippen LogP) is 2.85. The van der Waals surface area contributed by atoms with Crippen LogP contribution in [0.4, 0.5) is 5.69 Å². The van der Waals surface area contributed by atoms with E-state index in [0.29, 0.717) is 0 Å². The van der Waals surface area contributed by atoms with E-state index in [1.165, 1.54) is 56.0 Å². The molecule has 0 aliphatic carbocycles. The molecule has 0 atom stereocenters. The summed E-state index contributed by atoms with van der Waals surface area (Å²) in [4.78, 5) is 5.21. The van der Waals surface area contributed by atoms with Gasteiger partial charge in [-0.2, -0.15) is 0 Å². The summed E-state index contributed by atoms with van der Waals surface area (Å²) >= 11 is 0. The first kappa shape index (κ1) is 16.6. The number of fused-ring (bicyclic) bond motifs is 1. The predicted molar refractivity (Wildman–Crippen MR) is 92.4 cm³/mol. The van der Waals surface area contributed by atoms with Crippen LogP contribution in [0.3, 0.4) is 0 Å². The van der Waals surface area contributed by atoms with Crippen molar-refractivity contribution in [1.82, 2.24) is 9.80 Å². The van der Waals surface area contributed by atoms with Crippen molar-refractivity contribution >= 4 is 18.1 Å². The van der Waals surface area contributed by atoms with Crippen LogP contribution in [-0.4, -0.2) is 49.1 Å². The van der Waals surface area contributed by atoms with Gasteiger partial charge in [-0.1, -0.05) is 32.0 Å². The molecule has 0 spiro atoms.